The maximum atomic E-state index is 12.3. The van der Waals surface area contributed by atoms with E-state index in [9.17, 15) is 10.1 Å². The highest BCUT2D eigenvalue weighted by molar-refractivity contribution is 6.34. The van der Waals surface area contributed by atoms with Crippen molar-refractivity contribution in [3.05, 3.63) is 64.7 Å². The molecule has 1 aliphatic heterocycles. The van der Waals surface area contributed by atoms with Crippen molar-refractivity contribution in [3.8, 4) is 6.07 Å². The lowest BCUT2D eigenvalue weighted by atomic mass is 10.1. The molecule has 1 amide bonds. The summed E-state index contributed by atoms with van der Waals surface area (Å²) >= 11 is 6.03. The van der Waals surface area contributed by atoms with Crippen molar-refractivity contribution in [2.75, 3.05) is 23.3 Å². The van der Waals surface area contributed by atoms with E-state index in [1.807, 2.05) is 30.3 Å². The zero-order valence-corrected chi connectivity index (χ0v) is 14.5. The first-order valence-corrected chi connectivity index (χ1v) is 8.58. The van der Waals surface area contributed by atoms with Crippen molar-refractivity contribution in [2.24, 2.45) is 0 Å². The van der Waals surface area contributed by atoms with Crippen LogP contribution >= 0.6 is 11.6 Å². The lowest BCUT2D eigenvalue weighted by molar-refractivity contribution is -0.112. The van der Waals surface area contributed by atoms with Gasteiger partial charge in [-0.25, -0.2) is 0 Å². The number of carbonyl (C=O) groups is 1. The first-order chi connectivity index (χ1) is 12.2. The molecule has 0 unspecified atom stereocenters. The summed E-state index contributed by atoms with van der Waals surface area (Å²) < 4.78 is 0. The maximum Gasteiger partial charge on any atom is 0.266 e. The largest absolute Gasteiger partial charge is 0.372 e. The van der Waals surface area contributed by atoms with Gasteiger partial charge >= 0.3 is 0 Å². The molecule has 0 saturated carbocycles. The summed E-state index contributed by atoms with van der Waals surface area (Å²) in [5.41, 5.74) is 2.51. The van der Waals surface area contributed by atoms with Crippen LogP contribution in [0.5, 0.6) is 0 Å². The molecular formula is C20H18ClN3O. The summed E-state index contributed by atoms with van der Waals surface area (Å²) in [5.74, 6) is -0.473. The van der Waals surface area contributed by atoms with Gasteiger partial charge in [0.15, 0.2) is 0 Å². The quantitative estimate of drug-likeness (QED) is 0.652. The Labute approximate surface area is 152 Å². The second-order valence-electron chi connectivity index (χ2n) is 5.89. The molecule has 2 aromatic carbocycles. The molecule has 2 aromatic rings. The van der Waals surface area contributed by atoms with Gasteiger partial charge in [0.25, 0.3) is 5.91 Å². The third-order valence-electron chi connectivity index (χ3n) is 4.16. The fourth-order valence-electron chi connectivity index (χ4n) is 2.82. The topological polar surface area (TPSA) is 56.1 Å². The number of nitrogens with one attached hydrogen (secondary N) is 1. The summed E-state index contributed by atoms with van der Waals surface area (Å²) in [6, 6.07) is 16.8. The van der Waals surface area contributed by atoms with Crippen LogP contribution in [0.15, 0.2) is 54.1 Å². The van der Waals surface area contributed by atoms with Crippen LogP contribution in [0.3, 0.4) is 0 Å². The molecule has 0 spiro atoms. The van der Waals surface area contributed by atoms with Crippen molar-refractivity contribution in [1.29, 1.82) is 5.26 Å². The van der Waals surface area contributed by atoms with Crippen LogP contribution in [0.4, 0.5) is 11.4 Å². The van der Waals surface area contributed by atoms with E-state index in [2.05, 4.69) is 10.2 Å². The fourth-order valence-corrected chi connectivity index (χ4v) is 3.01. The highest BCUT2D eigenvalue weighted by Crippen LogP contribution is 2.23. The minimum Gasteiger partial charge on any atom is -0.372 e. The number of anilines is 2. The molecule has 1 aliphatic rings. The number of amides is 1. The minimum absolute atomic E-state index is 0.0360. The number of carbonyl (C=O) groups excluding carboxylic acids is 1. The van der Waals surface area contributed by atoms with Crippen LogP contribution in [-0.4, -0.2) is 19.0 Å². The Balaban J connectivity index is 1.74. The molecular weight excluding hydrogens is 334 g/mol. The van der Waals surface area contributed by atoms with Crippen molar-refractivity contribution in [1.82, 2.24) is 0 Å². The third-order valence-corrected chi connectivity index (χ3v) is 4.49. The van der Waals surface area contributed by atoms with E-state index in [-0.39, 0.29) is 5.57 Å². The number of para-hydroxylation sites is 1. The molecule has 3 rings (SSSR count). The summed E-state index contributed by atoms with van der Waals surface area (Å²) in [6.45, 7) is 2.16. The van der Waals surface area contributed by atoms with Gasteiger partial charge in [0, 0.05) is 18.8 Å². The Morgan fingerprint density at radius 2 is 1.80 bits per heavy atom. The van der Waals surface area contributed by atoms with Crippen molar-refractivity contribution in [3.63, 3.8) is 0 Å². The average molecular weight is 352 g/mol. The normalized spacial score (nSPS) is 14.2. The highest BCUT2D eigenvalue weighted by atomic mass is 35.5. The van der Waals surface area contributed by atoms with E-state index in [4.69, 9.17) is 11.6 Å². The molecule has 126 valence electrons. The molecule has 25 heavy (non-hydrogen) atoms. The summed E-state index contributed by atoms with van der Waals surface area (Å²) in [4.78, 5) is 14.6. The molecule has 0 bridgehead atoms. The van der Waals surface area contributed by atoms with Crippen molar-refractivity contribution in [2.45, 2.75) is 12.8 Å². The average Bonchev–Trinajstić information content (AvgIpc) is 3.16. The van der Waals surface area contributed by atoms with Gasteiger partial charge < -0.3 is 10.2 Å². The smallest absolute Gasteiger partial charge is 0.266 e. The van der Waals surface area contributed by atoms with Gasteiger partial charge in [-0.2, -0.15) is 5.26 Å². The summed E-state index contributed by atoms with van der Waals surface area (Å²) in [6.07, 6.45) is 4.03. The van der Waals surface area contributed by atoms with Gasteiger partial charge in [-0.3, -0.25) is 4.79 Å². The van der Waals surface area contributed by atoms with Gasteiger partial charge in [0.05, 0.1) is 10.7 Å². The van der Waals surface area contributed by atoms with Crippen LogP contribution in [0.25, 0.3) is 6.08 Å². The first kappa shape index (κ1) is 17.1. The van der Waals surface area contributed by atoms with E-state index in [1.165, 1.54) is 18.5 Å². The Morgan fingerprint density at radius 1 is 1.12 bits per heavy atom. The Morgan fingerprint density at radius 3 is 2.44 bits per heavy atom. The van der Waals surface area contributed by atoms with E-state index in [0.29, 0.717) is 10.7 Å². The van der Waals surface area contributed by atoms with Gasteiger partial charge in [0.1, 0.15) is 11.6 Å². The Kier molecular flexibility index (Phi) is 5.37. The van der Waals surface area contributed by atoms with Crippen LogP contribution in [0.1, 0.15) is 18.4 Å². The molecule has 1 saturated heterocycles. The highest BCUT2D eigenvalue weighted by Gasteiger charge is 2.13. The van der Waals surface area contributed by atoms with Crippen LogP contribution in [0.2, 0.25) is 5.02 Å². The van der Waals surface area contributed by atoms with Crippen LogP contribution in [-0.2, 0) is 4.79 Å². The number of rotatable bonds is 4. The fraction of sp³-hybridized carbons (Fsp3) is 0.200. The Bertz CT molecular complexity index is 831. The lowest BCUT2D eigenvalue weighted by Crippen LogP contribution is -2.17. The molecule has 0 atom stereocenters. The van der Waals surface area contributed by atoms with E-state index in [0.717, 1.165) is 18.7 Å². The number of nitrogens with zero attached hydrogens (tertiary/aromatic N) is 2. The van der Waals surface area contributed by atoms with E-state index in [1.54, 1.807) is 30.3 Å². The molecule has 0 aromatic heterocycles. The number of hydrogen-bond acceptors (Lipinski definition) is 3. The molecule has 1 heterocycles. The van der Waals surface area contributed by atoms with Gasteiger partial charge in [-0.05, 0) is 48.7 Å². The van der Waals surface area contributed by atoms with Crippen molar-refractivity contribution < 1.29 is 4.79 Å². The SMILES string of the molecule is N#C/C(=C/c1ccc(N2CCCC2)cc1)C(=O)Nc1ccccc1Cl. The van der Waals surface area contributed by atoms with E-state index >= 15 is 0 Å². The second kappa shape index (κ2) is 7.87. The lowest BCUT2D eigenvalue weighted by Gasteiger charge is -2.17. The predicted molar refractivity (Wildman–Crippen MR) is 102 cm³/mol. The van der Waals surface area contributed by atoms with Gasteiger partial charge in [0.2, 0.25) is 0 Å². The molecule has 4 nitrogen and oxygen atoms in total. The number of hydrogen-bond donors (Lipinski definition) is 1. The monoisotopic (exact) mass is 351 g/mol. The van der Waals surface area contributed by atoms with Crippen LogP contribution < -0.4 is 10.2 Å². The third kappa shape index (κ3) is 4.20. The zero-order valence-electron chi connectivity index (χ0n) is 13.7. The first-order valence-electron chi connectivity index (χ1n) is 8.20. The minimum atomic E-state index is -0.473. The molecule has 0 radical (unpaired) electrons. The van der Waals surface area contributed by atoms with Gasteiger partial charge in [-0.1, -0.05) is 35.9 Å². The van der Waals surface area contributed by atoms with Crippen LogP contribution in [0, 0.1) is 11.3 Å². The molecule has 0 aliphatic carbocycles. The van der Waals surface area contributed by atoms with Crippen molar-refractivity contribution >= 4 is 35.0 Å². The summed E-state index contributed by atoms with van der Waals surface area (Å²) in [7, 11) is 0. The summed E-state index contributed by atoms with van der Waals surface area (Å²) in [5, 5.41) is 12.4. The maximum absolute atomic E-state index is 12.3. The molecule has 1 fully saturated rings. The Hall–Kier alpha value is -2.77. The standard InChI is InChI=1S/C20H18ClN3O/c21-18-5-1-2-6-19(18)23-20(25)16(14-22)13-15-7-9-17(10-8-15)24-11-3-4-12-24/h1-2,5-10,13H,3-4,11-12H2,(H,23,25)/b16-13-. The number of nitriles is 1. The number of benzene rings is 2. The van der Waals surface area contributed by atoms with E-state index < -0.39 is 5.91 Å². The number of halogens is 1. The molecule has 5 heteroatoms. The zero-order chi connectivity index (χ0) is 17.6. The molecule has 1 N–H and O–H groups in total. The predicted octanol–water partition coefficient (Wildman–Crippen LogP) is 4.49. The second-order valence-corrected chi connectivity index (χ2v) is 6.30. The van der Waals surface area contributed by atoms with Gasteiger partial charge in [-0.15, -0.1) is 0 Å².